The molecule has 1 aliphatic heterocycles. The molecule has 0 bridgehead atoms. The van der Waals surface area contributed by atoms with E-state index in [9.17, 15) is 14.4 Å². The lowest BCUT2D eigenvalue weighted by Gasteiger charge is -2.28. The summed E-state index contributed by atoms with van der Waals surface area (Å²) in [5.74, 6) is -0.602. The van der Waals surface area contributed by atoms with Gasteiger partial charge in [0, 0.05) is 44.7 Å². The molecule has 2 aromatic carbocycles. The summed E-state index contributed by atoms with van der Waals surface area (Å²) in [6.07, 6.45) is 4.17. The molecule has 4 aromatic rings. The van der Waals surface area contributed by atoms with Crippen molar-refractivity contribution in [1.82, 2.24) is 25.0 Å². The van der Waals surface area contributed by atoms with Crippen molar-refractivity contribution in [1.29, 1.82) is 0 Å². The standard InChI is InChI=1S/C30H26Cl2N6O4/c1-30(2)29(41)35-14-37(30)28(40)25-21-5-4-15-7-24(42-3)22(16-6-17(27(33)39)13-34-12-16)11-23(15)26(21)38(36-25)20-9-18(31)8-19(32)10-20/h6-13H,4-5,14H2,1-3H3,(H2,33,39)(H,35,41). The van der Waals surface area contributed by atoms with E-state index in [0.29, 0.717) is 51.1 Å². The number of pyridine rings is 1. The molecule has 1 fully saturated rings. The number of carbonyl (C=O) groups is 3. The van der Waals surface area contributed by atoms with Gasteiger partial charge in [-0.1, -0.05) is 23.2 Å². The van der Waals surface area contributed by atoms with E-state index >= 15 is 0 Å². The summed E-state index contributed by atoms with van der Waals surface area (Å²) in [5.41, 5.74) is 10.1. The Morgan fingerprint density at radius 3 is 2.40 bits per heavy atom. The number of carbonyl (C=O) groups excluding carboxylic acids is 3. The number of methoxy groups -OCH3 is 1. The van der Waals surface area contributed by atoms with Crippen molar-refractivity contribution < 1.29 is 19.1 Å². The average Bonchev–Trinajstić information content (AvgIpc) is 3.48. The molecule has 10 nitrogen and oxygen atoms in total. The number of aryl methyl sites for hydroxylation is 1. The highest BCUT2D eigenvalue weighted by Gasteiger charge is 2.45. The van der Waals surface area contributed by atoms with Gasteiger partial charge in [0.1, 0.15) is 11.3 Å². The predicted octanol–water partition coefficient (Wildman–Crippen LogP) is 4.42. The first-order valence-electron chi connectivity index (χ1n) is 13.1. The molecule has 42 heavy (non-hydrogen) atoms. The van der Waals surface area contributed by atoms with E-state index in [0.717, 1.165) is 16.7 Å². The molecule has 1 saturated heterocycles. The van der Waals surface area contributed by atoms with Gasteiger partial charge in [-0.2, -0.15) is 5.10 Å². The van der Waals surface area contributed by atoms with Crippen molar-refractivity contribution in [2.45, 2.75) is 32.2 Å². The molecule has 0 unspecified atom stereocenters. The number of rotatable bonds is 5. The fourth-order valence-corrected chi connectivity index (χ4v) is 6.06. The average molecular weight is 605 g/mol. The molecular formula is C30H26Cl2N6O4. The molecule has 3 amide bonds. The summed E-state index contributed by atoms with van der Waals surface area (Å²) < 4.78 is 7.42. The van der Waals surface area contributed by atoms with Crippen LogP contribution < -0.4 is 15.8 Å². The summed E-state index contributed by atoms with van der Waals surface area (Å²) in [7, 11) is 1.58. The van der Waals surface area contributed by atoms with Crippen LogP contribution in [-0.2, 0) is 17.6 Å². The van der Waals surface area contributed by atoms with Crippen LogP contribution in [0.5, 0.6) is 5.75 Å². The first-order valence-corrected chi connectivity index (χ1v) is 13.9. The molecule has 214 valence electrons. The number of benzene rings is 2. The minimum atomic E-state index is -1.04. The zero-order valence-electron chi connectivity index (χ0n) is 23.0. The van der Waals surface area contributed by atoms with Crippen LogP contribution in [0.1, 0.15) is 45.8 Å². The fourth-order valence-electron chi connectivity index (χ4n) is 5.55. The molecule has 2 aliphatic rings. The van der Waals surface area contributed by atoms with Crippen LogP contribution >= 0.6 is 23.2 Å². The smallest absolute Gasteiger partial charge is 0.276 e. The Balaban J connectivity index is 1.60. The topological polar surface area (TPSA) is 132 Å². The molecule has 12 heteroatoms. The maximum absolute atomic E-state index is 14.0. The van der Waals surface area contributed by atoms with Gasteiger partial charge < -0.3 is 20.7 Å². The van der Waals surface area contributed by atoms with E-state index in [-0.39, 0.29) is 29.7 Å². The Hall–Kier alpha value is -4.41. The highest BCUT2D eigenvalue weighted by Crippen LogP contribution is 2.43. The van der Waals surface area contributed by atoms with Crippen molar-refractivity contribution >= 4 is 40.9 Å². The van der Waals surface area contributed by atoms with Gasteiger partial charge in [0.15, 0.2) is 5.69 Å². The van der Waals surface area contributed by atoms with Crippen LogP contribution in [0, 0.1) is 0 Å². The molecule has 1 aliphatic carbocycles. The van der Waals surface area contributed by atoms with Crippen molar-refractivity contribution in [3.05, 3.63) is 81.2 Å². The van der Waals surface area contributed by atoms with E-state index in [4.69, 9.17) is 38.8 Å². The van der Waals surface area contributed by atoms with Crippen molar-refractivity contribution in [2.75, 3.05) is 13.8 Å². The third-order valence-corrected chi connectivity index (χ3v) is 8.25. The number of nitrogens with two attached hydrogens (primary N) is 1. The molecule has 3 N–H and O–H groups in total. The summed E-state index contributed by atoms with van der Waals surface area (Å²) in [6.45, 7) is 3.49. The number of nitrogens with one attached hydrogen (secondary N) is 1. The van der Waals surface area contributed by atoms with Crippen molar-refractivity contribution in [3.8, 4) is 33.8 Å². The Bertz CT molecular complexity index is 1800. The lowest BCUT2D eigenvalue weighted by molar-refractivity contribution is -0.124. The first-order chi connectivity index (χ1) is 20.0. The molecule has 0 saturated carbocycles. The van der Waals surface area contributed by atoms with E-state index in [1.165, 1.54) is 11.1 Å². The van der Waals surface area contributed by atoms with Crippen molar-refractivity contribution in [2.24, 2.45) is 5.73 Å². The number of halogens is 2. The number of hydrogen-bond donors (Lipinski definition) is 2. The molecule has 3 heterocycles. The second kappa shape index (κ2) is 10.1. The van der Waals surface area contributed by atoms with Crippen LogP contribution in [0.25, 0.3) is 28.1 Å². The first kappa shape index (κ1) is 27.7. The van der Waals surface area contributed by atoms with Crippen LogP contribution in [-0.4, -0.2) is 56.7 Å². The van der Waals surface area contributed by atoms with Crippen molar-refractivity contribution in [3.63, 3.8) is 0 Å². The second-order valence-electron chi connectivity index (χ2n) is 10.7. The number of primary amides is 1. The lowest BCUT2D eigenvalue weighted by atomic mass is 9.86. The molecule has 0 atom stereocenters. The lowest BCUT2D eigenvalue weighted by Crippen LogP contribution is -2.46. The van der Waals surface area contributed by atoms with E-state index in [1.54, 1.807) is 56.1 Å². The summed E-state index contributed by atoms with van der Waals surface area (Å²) >= 11 is 12.8. The third-order valence-electron chi connectivity index (χ3n) is 7.81. The van der Waals surface area contributed by atoms with Gasteiger partial charge in [-0.3, -0.25) is 19.4 Å². The maximum Gasteiger partial charge on any atom is 0.276 e. The minimum Gasteiger partial charge on any atom is -0.496 e. The van der Waals surface area contributed by atoms with E-state index in [2.05, 4.69) is 10.3 Å². The van der Waals surface area contributed by atoms with Gasteiger partial charge in [0.2, 0.25) is 11.8 Å². The second-order valence-corrected chi connectivity index (χ2v) is 11.6. The zero-order chi connectivity index (χ0) is 29.9. The van der Waals surface area contributed by atoms with Gasteiger partial charge in [0.05, 0.1) is 30.7 Å². The number of aromatic nitrogens is 3. The largest absolute Gasteiger partial charge is 0.496 e. The predicted molar refractivity (Wildman–Crippen MR) is 158 cm³/mol. The Morgan fingerprint density at radius 1 is 1.02 bits per heavy atom. The zero-order valence-corrected chi connectivity index (χ0v) is 24.5. The molecule has 0 radical (unpaired) electrons. The summed E-state index contributed by atoms with van der Waals surface area (Å²) in [5, 5.41) is 8.40. The quantitative estimate of drug-likeness (QED) is 0.346. The minimum absolute atomic E-state index is 0.0798. The van der Waals surface area contributed by atoms with Crippen LogP contribution in [0.15, 0.2) is 48.8 Å². The summed E-state index contributed by atoms with van der Waals surface area (Å²) in [6, 6.07) is 10.6. The Kier molecular flexibility index (Phi) is 6.70. The normalized spacial score (nSPS) is 15.2. The molecule has 2 aromatic heterocycles. The van der Waals surface area contributed by atoms with Gasteiger partial charge in [-0.05, 0) is 68.7 Å². The number of fused-ring (bicyclic) bond motifs is 3. The number of hydrogen-bond acceptors (Lipinski definition) is 6. The Morgan fingerprint density at radius 2 is 1.76 bits per heavy atom. The van der Waals surface area contributed by atoms with E-state index < -0.39 is 11.4 Å². The Labute approximate surface area is 251 Å². The number of ether oxygens (including phenoxy) is 1. The van der Waals surface area contributed by atoms with Crippen LogP contribution in [0.4, 0.5) is 0 Å². The summed E-state index contributed by atoms with van der Waals surface area (Å²) in [4.78, 5) is 44.1. The monoisotopic (exact) mass is 604 g/mol. The van der Waals surface area contributed by atoms with E-state index in [1.807, 2.05) is 12.1 Å². The molecule has 0 spiro atoms. The van der Waals surface area contributed by atoms with Gasteiger partial charge in [-0.15, -0.1) is 0 Å². The highest BCUT2D eigenvalue weighted by atomic mass is 35.5. The van der Waals surface area contributed by atoms with Gasteiger partial charge >= 0.3 is 0 Å². The fraction of sp³-hybridized carbons (Fsp3) is 0.233. The molecule has 6 rings (SSSR count). The SMILES string of the molecule is COc1cc2c(cc1-c1cncc(C(N)=O)c1)-c1c(c(C(=O)N3CNC(=O)C3(C)C)nn1-c1cc(Cl)cc(Cl)c1)CC2. The van der Waals surface area contributed by atoms with Gasteiger partial charge in [-0.25, -0.2) is 4.68 Å². The van der Waals surface area contributed by atoms with Crippen LogP contribution in [0.3, 0.4) is 0 Å². The number of amides is 3. The molecular weight excluding hydrogens is 579 g/mol. The highest BCUT2D eigenvalue weighted by molar-refractivity contribution is 6.34. The maximum atomic E-state index is 14.0. The number of nitrogens with zero attached hydrogens (tertiary/aromatic N) is 4. The van der Waals surface area contributed by atoms with Crippen LogP contribution in [0.2, 0.25) is 10.0 Å². The third kappa shape index (κ3) is 4.47. The van der Waals surface area contributed by atoms with Gasteiger partial charge in [0.25, 0.3) is 5.91 Å².